The summed E-state index contributed by atoms with van der Waals surface area (Å²) in [5.41, 5.74) is 0.711. The Morgan fingerprint density at radius 3 is 2.40 bits per heavy atom. The molecular formula is C20H11FN4O4S. The third kappa shape index (κ3) is 2.90. The van der Waals surface area contributed by atoms with Crippen molar-refractivity contribution >= 4 is 50.7 Å². The van der Waals surface area contributed by atoms with Crippen molar-refractivity contribution < 1.29 is 23.8 Å². The first kappa shape index (κ1) is 18.0. The smallest absolute Gasteiger partial charge is 0.348 e. The summed E-state index contributed by atoms with van der Waals surface area (Å²) in [6, 6.07) is 11.7. The molecule has 5 rings (SSSR count). The minimum absolute atomic E-state index is 0.00259. The van der Waals surface area contributed by atoms with Crippen LogP contribution in [0.15, 0.2) is 54.9 Å². The van der Waals surface area contributed by atoms with Crippen LogP contribution in [-0.4, -0.2) is 27.1 Å². The van der Waals surface area contributed by atoms with Crippen LogP contribution in [0.1, 0.15) is 9.67 Å². The lowest BCUT2D eigenvalue weighted by atomic mass is 10.2. The number of amides is 2. The number of hydrogen-bond donors (Lipinski definition) is 2. The van der Waals surface area contributed by atoms with Gasteiger partial charge < -0.3 is 15.2 Å². The van der Waals surface area contributed by atoms with Gasteiger partial charge in [-0.2, -0.15) is 0 Å². The van der Waals surface area contributed by atoms with E-state index in [4.69, 9.17) is 4.74 Å². The number of thiophene rings is 1. The van der Waals surface area contributed by atoms with Crippen LogP contribution in [0, 0.1) is 5.82 Å². The molecule has 0 radical (unpaired) electrons. The topological polar surface area (TPSA) is 105 Å². The normalized spacial score (nSPS) is 12.7. The van der Waals surface area contributed by atoms with Crippen molar-refractivity contribution in [3.8, 4) is 11.5 Å². The average Bonchev–Trinajstić information content (AvgIpc) is 3.11. The first-order valence-corrected chi connectivity index (χ1v) is 9.48. The monoisotopic (exact) mass is 422 g/mol. The van der Waals surface area contributed by atoms with Crippen LogP contribution in [0.2, 0.25) is 0 Å². The molecule has 2 aromatic carbocycles. The van der Waals surface area contributed by atoms with Gasteiger partial charge in [0.15, 0.2) is 5.82 Å². The zero-order valence-corrected chi connectivity index (χ0v) is 15.8. The number of halogens is 1. The molecule has 0 fully saturated rings. The molecule has 1 aliphatic heterocycles. The highest BCUT2D eigenvalue weighted by atomic mass is 32.1. The molecule has 2 aromatic heterocycles. The summed E-state index contributed by atoms with van der Waals surface area (Å²) in [4.78, 5) is 34.4. The molecule has 0 aliphatic carbocycles. The van der Waals surface area contributed by atoms with Gasteiger partial charge in [-0.15, -0.1) is 11.3 Å². The summed E-state index contributed by atoms with van der Waals surface area (Å²) < 4.78 is 18.7. The molecule has 148 valence electrons. The van der Waals surface area contributed by atoms with E-state index in [0.29, 0.717) is 33.2 Å². The lowest BCUT2D eigenvalue weighted by Gasteiger charge is -2.27. The number of urea groups is 1. The van der Waals surface area contributed by atoms with Crippen LogP contribution >= 0.6 is 11.3 Å². The Hall–Kier alpha value is -4.05. The number of hydrogen-bond acceptors (Lipinski definition) is 6. The predicted molar refractivity (Wildman–Crippen MR) is 108 cm³/mol. The molecule has 10 heteroatoms. The SMILES string of the molecule is O=C(O)c1sc2ncnc3c2c1NC(=O)N3c1ccc(Oc2ccc(F)cc2)cc1. The standard InChI is InChI=1S/C20H11FN4O4S/c21-10-1-5-12(6-2-10)29-13-7-3-11(4-8-13)25-17-14-15(24-20(25)28)16(19(26)27)30-18(14)23-9-22-17/h1-9H,(H,24,28)(H,26,27). The van der Waals surface area contributed by atoms with E-state index in [1.165, 1.54) is 35.5 Å². The van der Waals surface area contributed by atoms with Gasteiger partial charge in [-0.3, -0.25) is 0 Å². The number of carboxylic acids is 1. The maximum Gasteiger partial charge on any atom is 0.348 e. The van der Waals surface area contributed by atoms with E-state index in [0.717, 1.165) is 11.3 Å². The fraction of sp³-hybridized carbons (Fsp3) is 0. The van der Waals surface area contributed by atoms with Gasteiger partial charge in [0.2, 0.25) is 0 Å². The maximum atomic E-state index is 13.0. The Morgan fingerprint density at radius 2 is 1.73 bits per heavy atom. The molecule has 2 N–H and O–H groups in total. The molecule has 0 unspecified atom stereocenters. The van der Waals surface area contributed by atoms with Crippen LogP contribution in [0.5, 0.6) is 11.5 Å². The van der Waals surface area contributed by atoms with Crippen LogP contribution < -0.4 is 15.0 Å². The lowest BCUT2D eigenvalue weighted by Crippen LogP contribution is -2.34. The Labute approximate surface area is 172 Å². The van der Waals surface area contributed by atoms with Crippen molar-refractivity contribution in [3.63, 3.8) is 0 Å². The summed E-state index contributed by atoms with van der Waals surface area (Å²) in [7, 11) is 0. The molecule has 0 saturated heterocycles. The minimum Gasteiger partial charge on any atom is -0.477 e. The maximum absolute atomic E-state index is 13.0. The fourth-order valence-electron chi connectivity index (χ4n) is 3.16. The highest BCUT2D eigenvalue weighted by Gasteiger charge is 2.33. The molecule has 0 atom stereocenters. The predicted octanol–water partition coefficient (Wildman–Crippen LogP) is 5.00. The highest BCUT2D eigenvalue weighted by Crippen LogP contribution is 2.44. The summed E-state index contributed by atoms with van der Waals surface area (Å²) in [5, 5.41) is 12.5. The molecule has 2 amide bonds. The van der Waals surface area contributed by atoms with E-state index in [1.807, 2.05) is 0 Å². The Bertz CT molecular complexity index is 1310. The first-order chi connectivity index (χ1) is 14.5. The number of ether oxygens (including phenoxy) is 1. The van der Waals surface area contributed by atoms with E-state index in [-0.39, 0.29) is 16.4 Å². The van der Waals surface area contributed by atoms with E-state index < -0.39 is 12.0 Å². The fourth-order valence-corrected chi connectivity index (χ4v) is 4.09. The summed E-state index contributed by atoms with van der Waals surface area (Å²) in [6.07, 6.45) is 1.29. The second kappa shape index (κ2) is 6.78. The van der Waals surface area contributed by atoms with Gasteiger partial charge in [0.25, 0.3) is 0 Å². The van der Waals surface area contributed by atoms with Crippen LogP contribution in [0.25, 0.3) is 10.2 Å². The van der Waals surface area contributed by atoms with Gasteiger partial charge in [-0.1, -0.05) is 0 Å². The Kier molecular flexibility index (Phi) is 4.07. The van der Waals surface area contributed by atoms with Crippen LogP contribution in [-0.2, 0) is 0 Å². The number of anilines is 3. The lowest BCUT2D eigenvalue weighted by molar-refractivity contribution is 0.0703. The van der Waals surface area contributed by atoms with Crippen molar-refractivity contribution in [2.75, 3.05) is 10.2 Å². The molecule has 30 heavy (non-hydrogen) atoms. The molecule has 0 bridgehead atoms. The number of carbonyl (C=O) groups excluding carboxylic acids is 1. The zero-order valence-electron chi connectivity index (χ0n) is 15.0. The van der Waals surface area contributed by atoms with Gasteiger partial charge >= 0.3 is 12.0 Å². The number of carboxylic acid groups (broad SMARTS) is 1. The van der Waals surface area contributed by atoms with Crippen molar-refractivity contribution in [2.24, 2.45) is 0 Å². The molecule has 8 nitrogen and oxygen atoms in total. The Morgan fingerprint density at radius 1 is 1.07 bits per heavy atom. The quantitative estimate of drug-likeness (QED) is 0.479. The Balaban J connectivity index is 1.51. The molecule has 1 aliphatic rings. The average molecular weight is 422 g/mol. The van der Waals surface area contributed by atoms with E-state index in [2.05, 4.69) is 15.3 Å². The van der Waals surface area contributed by atoms with Gasteiger partial charge in [0.1, 0.15) is 33.4 Å². The molecule has 3 heterocycles. The zero-order chi connectivity index (χ0) is 20.8. The number of aromatic carboxylic acids is 1. The minimum atomic E-state index is -1.14. The third-order valence-corrected chi connectivity index (χ3v) is 5.54. The van der Waals surface area contributed by atoms with Gasteiger partial charge in [0.05, 0.1) is 16.8 Å². The van der Waals surface area contributed by atoms with Crippen LogP contribution in [0.3, 0.4) is 0 Å². The molecule has 4 aromatic rings. The van der Waals surface area contributed by atoms with Crippen molar-refractivity contribution in [1.29, 1.82) is 0 Å². The summed E-state index contributed by atoms with van der Waals surface area (Å²) in [5.74, 6) is -0.227. The molecule has 0 saturated carbocycles. The van der Waals surface area contributed by atoms with Crippen molar-refractivity contribution in [2.45, 2.75) is 0 Å². The number of rotatable bonds is 4. The van der Waals surface area contributed by atoms with Gasteiger partial charge in [-0.25, -0.2) is 28.8 Å². The number of aromatic nitrogens is 2. The van der Waals surface area contributed by atoms with Gasteiger partial charge in [-0.05, 0) is 48.5 Å². The van der Waals surface area contributed by atoms with E-state index in [9.17, 15) is 19.1 Å². The van der Waals surface area contributed by atoms with E-state index >= 15 is 0 Å². The number of benzene rings is 2. The first-order valence-electron chi connectivity index (χ1n) is 8.66. The van der Waals surface area contributed by atoms with Crippen molar-refractivity contribution in [3.05, 3.63) is 65.6 Å². The van der Waals surface area contributed by atoms with Crippen LogP contribution in [0.4, 0.5) is 26.4 Å². The van der Waals surface area contributed by atoms with Gasteiger partial charge in [0, 0.05) is 0 Å². The highest BCUT2D eigenvalue weighted by molar-refractivity contribution is 7.21. The third-order valence-electron chi connectivity index (χ3n) is 4.45. The second-order valence-corrected chi connectivity index (χ2v) is 7.30. The number of carbonyl (C=O) groups is 2. The number of nitrogens with one attached hydrogen (secondary N) is 1. The largest absolute Gasteiger partial charge is 0.477 e. The second-order valence-electron chi connectivity index (χ2n) is 6.30. The van der Waals surface area contributed by atoms with Crippen molar-refractivity contribution in [1.82, 2.24) is 9.97 Å². The number of nitrogens with zero attached hydrogens (tertiary/aromatic N) is 3. The summed E-state index contributed by atoms with van der Waals surface area (Å²) >= 11 is 0.976. The molecule has 0 spiro atoms. The summed E-state index contributed by atoms with van der Waals surface area (Å²) in [6.45, 7) is 0. The van der Waals surface area contributed by atoms with E-state index in [1.54, 1.807) is 24.3 Å². The molecular weight excluding hydrogens is 411 g/mol.